The van der Waals surface area contributed by atoms with E-state index in [1.807, 2.05) is 24.4 Å². The van der Waals surface area contributed by atoms with Gasteiger partial charge in [0.25, 0.3) is 0 Å². The van der Waals surface area contributed by atoms with E-state index in [1.54, 1.807) is 0 Å². The number of hydrogen-bond acceptors (Lipinski definition) is 2. The Labute approximate surface area is 125 Å². The molecule has 94 valence electrons. The standard InChI is InChI=1S/C16H13IN2/c17-14-6-2-1-5-13(14)16(18)12-8-7-11-4-3-9-19-15(11)10-12/h1-10,16H,18H2. The number of nitrogens with zero attached hydrogens (tertiary/aromatic N) is 1. The Bertz CT molecular complexity index is 725. The molecule has 3 aromatic rings. The Morgan fingerprint density at radius 1 is 1.00 bits per heavy atom. The van der Waals surface area contributed by atoms with Gasteiger partial charge in [0, 0.05) is 15.2 Å². The van der Waals surface area contributed by atoms with E-state index >= 15 is 0 Å². The molecule has 3 heteroatoms. The van der Waals surface area contributed by atoms with Crippen LogP contribution in [0.25, 0.3) is 10.9 Å². The van der Waals surface area contributed by atoms with Crippen molar-refractivity contribution in [1.29, 1.82) is 0 Å². The summed E-state index contributed by atoms with van der Waals surface area (Å²) in [6, 6.07) is 18.3. The summed E-state index contributed by atoms with van der Waals surface area (Å²) in [5.41, 5.74) is 9.61. The van der Waals surface area contributed by atoms with Crippen LogP contribution in [0.3, 0.4) is 0 Å². The molecule has 2 nitrogen and oxygen atoms in total. The summed E-state index contributed by atoms with van der Waals surface area (Å²) < 4.78 is 1.19. The van der Waals surface area contributed by atoms with Crippen LogP contribution in [0, 0.1) is 3.57 Å². The molecule has 1 unspecified atom stereocenters. The van der Waals surface area contributed by atoms with Crippen molar-refractivity contribution in [3.63, 3.8) is 0 Å². The lowest BCUT2D eigenvalue weighted by atomic mass is 9.98. The molecule has 2 aromatic carbocycles. The minimum absolute atomic E-state index is 0.112. The number of pyridine rings is 1. The molecule has 0 radical (unpaired) electrons. The fourth-order valence-electron chi connectivity index (χ4n) is 2.18. The van der Waals surface area contributed by atoms with Crippen LogP contribution >= 0.6 is 22.6 Å². The summed E-state index contributed by atoms with van der Waals surface area (Å²) in [4.78, 5) is 4.38. The topological polar surface area (TPSA) is 38.9 Å². The van der Waals surface area contributed by atoms with Gasteiger partial charge in [-0.3, -0.25) is 4.98 Å². The lowest BCUT2D eigenvalue weighted by Gasteiger charge is -2.14. The molecule has 0 aliphatic heterocycles. The summed E-state index contributed by atoms with van der Waals surface area (Å²) >= 11 is 2.32. The zero-order valence-corrected chi connectivity index (χ0v) is 12.4. The highest BCUT2D eigenvalue weighted by atomic mass is 127. The smallest absolute Gasteiger partial charge is 0.0705 e. The number of benzene rings is 2. The molecule has 3 rings (SSSR count). The van der Waals surface area contributed by atoms with E-state index in [1.165, 1.54) is 3.57 Å². The van der Waals surface area contributed by atoms with Crippen molar-refractivity contribution in [2.24, 2.45) is 5.73 Å². The van der Waals surface area contributed by atoms with E-state index in [0.29, 0.717) is 0 Å². The predicted octanol–water partition coefficient (Wildman–Crippen LogP) is 3.89. The Hall–Kier alpha value is -1.46. The zero-order valence-electron chi connectivity index (χ0n) is 10.3. The average molecular weight is 360 g/mol. The highest BCUT2D eigenvalue weighted by Crippen LogP contribution is 2.25. The Kier molecular flexibility index (Phi) is 3.48. The first-order chi connectivity index (χ1) is 9.25. The lowest BCUT2D eigenvalue weighted by molar-refractivity contribution is 0.866. The Balaban J connectivity index is 2.07. The maximum atomic E-state index is 6.38. The molecule has 0 bridgehead atoms. The molecular weight excluding hydrogens is 347 g/mol. The van der Waals surface area contributed by atoms with Gasteiger partial charge in [0.15, 0.2) is 0 Å². The van der Waals surface area contributed by atoms with Crippen LogP contribution in [0.5, 0.6) is 0 Å². The van der Waals surface area contributed by atoms with Gasteiger partial charge in [0.05, 0.1) is 11.6 Å². The first-order valence-corrected chi connectivity index (χ1v) is 7.18. The SMILES string of the molecule is NC(c1ccc2cccnc2c1)c1ccccc1I. The number of hydrogen-bond donors (Lipinski definition) is 1. The van der Waals surface area contributed by atoms with Gasteiger partial charge in [-0.1, -0.05) is 36.4 Å². The first kappa shape index (κ1) is 12.6. The second kappa shape index (κ2) is 5.27. The normalized spacial score (nSPS) is 12.5. The number of rotatable bonds is 2. The van der Waals surface area contributed by atoms with Gasteiger partial charge >= 0.3 is 0 Å². The third kappa shape index (κ3) is 2.48. The molecule has 0 spiro atoms. The van der Waals surface area contributed by atoms with Crippen LogP contribution in [-0.4, -0.2) is 4.98 Å². The first-order valence-electron chi connectivity index (χ1n) is 6.10. The van der Waals surface area contributed by atoms with E-state index in [2.05, 4.69) is 64.0 Å². The van der Waals surface area contributed by atoms with Gasteiger partial charge in [-0.2, -0.15) is 0 Å². The van der Waals surface area contributed by atoms with E-state index in [4.69, 9.17) is 5.73 Å². The molecule has 19 heavy (non-hydrogen) atoms. The van der Waals surface area contributed by atoms with Gasteiger partial charge in [-0.25, -0.2) is 0 Å². The van der Waals surface area contributed by atoms with Gasteiger partial charge in [-0.15, -0.1) is 0 Å². The van der Waals surface area contributed by atoms with Crippen molar-refractivity contribution in [2.75, 3.05) is 0 Å². The predicted molar refractivity (Wildman–Crippen MR) is 86.9 cm³/mol. The van der Waals surface area contributed by atoms with Gasteiger partial charge in [-0.05, 0) is 51.9 Å². The molecule has 2 N–H and O–H groups in total. The highest BCUT2D eigenvalue weighted by Gasteiger charge is 2.12. The molecule has 1 aromatic heterocycles. The summed E-state index contributed by atoms with van der Waals surface area (Å²) in [5, 5.41) is 1.14. The summed E-state index contributed by atoms with van der Waals surface area (Å²) in [5.74, 6) is 0. The van der Waals surface area contributed by atoms with Gasteiger partial charge in [0.2, 0.25) is 0 Å². The van der Waals surface area contributed by atoms with Crippen molar-refractivity contribution in [1.82, 2.24) is 4.98 Å². The summed E-state index contributed by atoms with van der Waals surface area (Å²) in [7, 11) is 0. The van der Waals surface area contributed by atoms with Crippen molar-refractivity contribution >= 4 is 33.5 Å². The Morgan fingerprint density at radius 2 is 1.84 bits per heavy atom. The lowest BCUT2D eigenvalue weighted by Crippen LogP contribution is -2.13. The average Bonchev–Trinajstić information content (AvgIpc) is 2.46. The van der Waals surface area contributed by atoms with Crippen molar-refractivity contribution in [2.45, 2.75) is 6.04 Å². The summed E-state index contributed by atoms with van der Waals surface area (Å²) in [6.45, 7) is 0. The number of fused-ring (bicyclic) bond motifs is 1. The van der Waals surface area contributed by atoms with Crippen LogP contribution < -0.4 is 5.73 Å². The maximum absolute atomic E-state index is 6.38. The third-order valence-electron chi connectivity index (χ3n) is 3.23. The largest absolute Gasteiger partial charge is 0.320 e. The fourth-order valence-corrected chi connectivity index (χ4v) is 2.91. The fraction of sp³-hybridized carbons (Fsp3) is 0.0625. The summed E-state index contributed by atoms with van der Waals surface area (Å²) in [6.07, 6.45) is 1.81. The molecule has 0 fully saturated rings. The minimum Gasteiger partial charge on any atom is -0.320 e. The van der Waals surface area contributed by atoms with E-state index in [-0.39, 0.29) is 6.04 Å². The Morgan fingerprint density at radius 3 is 2.68 bits per heavy atom. The van der Waals surface area contributed by atoms with Gasteiger partial charge in [0.1, 0.15) is 0 Å². The quantitative estimate of drug-likeness (QED) is 0.705. The minimum atomic E-state index is -0.112. The van der Waals surface area contributed by atoms with Crippen LogP contribution in [0.15, 0.2) is 60.8 Å². The third-order valence-corrected chi connectivity index (χ3v) is 4.21. The van der Waals surface area contributed by atoms with Crippen LogP contribution in [0.4, 0.5) is 0 Å². The number of nitrogens with two attached hydrogens (primary N) is 1. The highest BCUT2D eigenvalue weighted by molar-refractivity contribution is 14.1. The number of halogens is 1. The molecule has 0 saturated heterocycles. The second-order valence-corrected chi connectivity index (χ2v) is 5.62. The molecule has 0 saturated carbocycles. The van der Waals surface area contributed by atoms with Crippen molar-refractivity contribution in [3.05, 3.63) is 75.5 Å². The maximum Gasteiger partial charge on any atom is 0.0705 e. The van der Waals surface area contributed by atoms with E-state index in [0.717, 1.165) is 22.0 Å². The zero-order chi connectivity index (χ0) is 13.2. The van der Waals surface area contributed by atoms with Crippen LogP contribution in [0.1, 0.15) is 17.2 Å². The van der Waals surface area contributed by atoms with Crippen molar-refractivity contribution < 1.29 is 0 Å². The molecule has 1 atom stereocenters. The monoisotopic (exact) mass is 360 g/mol. The molecular formula is C16H13IN2. The molecule has 0 amide bonds. The molecule has 0 aliphatic rings. The van der Waals surface area contributed by atoms with Crippen molar-refractivity contribution in [3.8, 4) is 0 Å². The van der Waals surface area contributed by atoms with E-state index < -0.39 is 0 Å². The van der Waals surface area contributed by atoms with E-state index in [9.17, 15) is 0 Å². The van der Waals surface area contributed by atoms with Crippen LogP contribution in [-0.2, 0) is 0 Å². The van der Waals surface area contributed by atoms with Crippen LogP contribution in [0.2, 0.25) is 0 Å². The molecule has 0 aliphatic carbocycles. The molecule has 1 heterocycles. The van der Waals surface area contributed by atoms with Gasteiger partial charge < -0.3 is 5.73 Å². The number of aromatic nitrogens is 1. The second-order valence-electron chi connectivity index (χ2n) is 4.45.